The lowest BCUT2D eigenvalue weighted by atomic mass is 10.2. The van der Waals surface area contributed by atoms with Gasteiger partial charge in [-0.25, -0.2) is 4.39 Å². The molecule has 0 bridgehead atoms. The predicted molar refractivity (Wildman–Crippen MR) is 41.1 cm³/mol. The van der Waals surface area contributed by atoms with Crippen molar-refractivity contribution >= 4 is 20.8 Å². The number of aldehydes is 1. The van der Waals surface area contributed by atoms with E-state index < -0.39 is 0 Å². The molecule has 0 fully saturated rings. The molecule has 52 valence electrons. The Bertz CT molecular complexity index is 260. The number of hydrogen-bond donors (Lipinski definition) is 0. The molecule has 0 spiro atoms. The zero-order valence-electron chi connectivity index (χ0n) is 5.17. The first kappa shape index (κ1) is 7.36. The van der Waals surface area contributed by atoms with Gasteiger partial charge in [-0.3, -0.25) is 4.79 Å². The van der Waals surface area contributed by atoms with Crippen LogP contribution >= 0.6 is 9.24 Å². The summed E-state index contributed by atoms with van der Waals surface area (Å²) in [5.41, 5.74) is 0.380. The van der Waals surface area contributed by atoms with Crippen LogP contribution in [0.2, 0.25) is 0 Å². The average Bonchev–Trinajstić information content (AvgIpc) is 1.94. The third-order valence-electron chi connectivity index (χ3n) is 1.18. The van der Waals surface area contributed by atoms with Crippen LogP contribution in [0.25, 0.3) is 0 Å². The van der Waals surface area contributed by atoms with Crippen LogP contribution in [0.4, 0.5) is 4.39 Å². The lowest BCUT2D eigenvalue weighted by Crippen LogP contribution is -1.99. The van der Waals surface area contributed by atoms with Crippen LogP contribution in [0.15, 0.2) is 18.2 Å². The molecule has 3 heteroatoms. The Hall–Kier alpha value is -0.750. The predicted octanol–water partition coefficient (Wildman–Crippen LogP) is 1.14. The normalized spacial score (nSPS) is 9.40. The van der Waals surface area contributed by atoms with Gasteiger partial charge in [0.15, 0.2) is 6.29 Å². The van der Waals surface area contributed by atoms with Crippen molar-refractivity contribution in [3.8, 4) is 0 Å². The van der Waals surface area contributed by atoms with Crippen molar-refractivity contribution < 1.29 is 9.18 Å². The SMILES string of the molecule is O=Cc1cc(F)ccc1P. The highest BCUT2D eigenvalue weighted by atomic mass is 31.0. The van der Waals surface area contributed by atoms with E-state index in [9.17, 15) is 9.18 Å². The molecule has 0 radical (unpaired) electrons. The van der Waals surface area contributed by atoms with E-state index in [-0.39, 0.29) is 5.82 Å². The second kappa shape index (κ2) is 2.89. The largest absolute Gasteiger partial charge is 0.298 e. The Labute approximate surface area is 60.5 Å². The molecule has 0 amide bonds. The summed E-state index contributed by atoms with van der Waals surface area (Å²) < 4.78 is 12.4. The molecule has 1 nitrogen and oxygen atoms in total. The van der Waals surface area contributed by atoms with Gasteiger partial charge in [-0.15, -0.1) is 9.24 Å². The van der Waals surface area contributed by atoms with Gasteiger partial charge in [-0.1, -0.05) is 6.07 Å². The van der Waals surface area contributed by atoms with Crippen LogP contribution in [0.5, 0.6) is 0 Å². The quantitative estimate of drug-likeness (QED) is 0.440. The van der Waals surface area contributed by atoms with E-state index in [0.717, 1.165) is 5.30 Å². The topological polar surface area (TPSA) is 17.1 Å². The number of carbonyl (C=O) groups is 1. The van der Waals surface area contributed by atoms with Crippen LogP contribution in [0, 0.1) is 5.82 Å². The van der Waals surface area contributed by atoms with Gasteiger partial charge in [0.05, 0.1) is 0 Å². The van der Waals surface area contributed by atoms with Crippen LogP contribution in [-0.4, -0.2) is 6.29 Å². The second-order valence-electron chi connectivity index (χ2n) is 1.89. The van der Waals surface area contributed by atoms with E-state index in [0.29, 0.717) is 11.8 Å². The minimum absolute atomic E-state index is 0.380. The van der Waals surface area contributed by atoms with Crippen molar-refractivity contribution in [2.75, 3.05) is 0 Å². The van der Waals surface area contributed by atoms with Crippen LogP contribution < -0.4 is 5.30 Å². The minimum atomic E-state index is -0.381. The molecule has 10 heavy (non-hydrogen) atoms. The Morgan fingerprint density at radius 3 is 2.70 bits per heavy atom. The van der Waals surface area contributed by atoms with E-state index in [2.05, 4.69) is 9.24 Å². The Morgan fingerprint density at radius 2 is 2.20 bits per heavy atom. The maximum Gasteiger partial charge on any atom is 0.150 e. The summed E-state index contributed by atoms with van der Waals surface area (Å²) in [6.07, 6.45) is 0.630. The molecule has 0 N–H and O–H groups in total. The Kier molecular flexibility index (Phi) is 2.13. The zero-order chi connectivity index (χ0) is 7.56. The summed E-state index contributed by atoms with van der Waals surface area (Å²) in [5.74, 6) is -0.381. The summed E-state index contributed by atoms with van der Waals surface area (Å²) in [7, 11) is 2.36. The molecule has 0 aliphatic carbocycles. The molecule has 0 aromatic heterocycles. The fourth-order valence-corrected chi connectivity index (χ4v) is 0.895. The van der Waals surface area contributed by atoms with Gasteiger partial charge in [-0.2, -0.15) is 0 Å². The maximum absolute atomic E-state index is 12.4. The standard InChI is InChI=1S/C7H6FOP/c8-6-1-2-7(10)5(3-6)4-9/h1-4H,10H2. The lowest BCUT2D eigenvalue weighted by Gasteiger charge is -1.94. The third kappa shape index (κ3) is 1.39. The molecule has 1 unspecified atom stereocenters. The summed E-state index contributed by atoms with van der Waals surface area (Å²) in [6.45, 7) is 0. The zero-order valence-corrected chi connectivity index (χ0v) is 6.33. The molecule has 1 atom stereocenters. The molecule has 0 aliphatic heterocycles. The summed E-state index contributed by atoms with van der Waals surface area (Å²) in [5, 5.41) is 0.719. The fourth-order valence-electron chi connectivity index (χ4n) is 0.648. The number of hydrogen-bond acceptors (Lipinski definition) is 1. The molecule has 1 aromatic rings. The highest BCUT2D eigenvalue weighted by Crippen LogP contribution is 2.01. The van der Waals surface area contributed by atoms with E-state index in [1.807, 2.05) is 0 Å². The van der Waals surface area contributed by atoms with Crippen molar-refractivity contribution in [1.29, 1.82) is 0 Å². The van der Waals surface area contributed by atoms with Crippen molar-refractivity contribution in [1.82, 2.24) is 0 Å². The maximum atomic E-state index is 12.4. The van der Waals surface area contributed by atoms with E-state index in [1.165, 1.54) is 12.1 Å². The van der Waals surface area contributed by atoms with Gasteiger partial charge in [0.25, 0.3) is 0 Å². The molecular weight excluding hydrogens is 150 g/mol. The van der Waals surface area contributed by atoms with Crippen LogP contribution in [0.1, 0.15) is 10.4 Å². The highest BCUT2D eigenvalue weighted by molar-refractivity contribution is 7.27. The van der Waals surface area contributed by atoms with Gasteiger partial charge >= 0.3 is 0 Å². The second-order valence-corrected chi connectivity index (χ2v) is 2.51. The van der Waals surface area contributed by atoms with E-state index in [4.69, 9.17) is 0 Å². The van der Waals surface area contributed by atoms with Gasteiger partial charge in [0, 0.05) is 5.56 Å². The van der Waals surface area contributed by atoms with E-state index in [1.54, 1.807) is 6.07 Å². The summed E-state index contributed by atoms with van der Waals surface area (Å²) in [4.78, 5) is 10.2. The summed E-state index contributed by atoms with van der Waals surface area (Å²) in [6, 6.07) is 4.06. The fraction of sp³-hybridized carbons (Fsp3) is 0. The number of benzene rings is 1. The van der Waals surface area contributed by atoms with Gasteiger partial charge in [0.2, 0.25) is 0 Å². The molecule has 0 saturated heterocycles. The molecule has 0 heterocycles. The lowest BCUT2D eigenvalue weighted by molar-refractivity contribution is 0.112. The molecular formula is C7H6FOP. The van der Waals surface area contributed by atoms with Gasteiger partial charge in [0.1, 0.15) is 5.82 Å². The van der Waals surface area contributed by atoms with E-state index >= 15 is 0 Å². The number of halogens is 1. The Balaban J connectivity index is 3.21. The number of rotatable bonds is 1. The molecule has 0 aliphatic rings. The Morgan fingerprint density at radius 1 is 1.50 bits per heavy atom. The van der Waals surface area contributed by atoms with Gasteiger partial charge in [-0.05, 0) is 17.4 Å². The first-order valence-corrected chi connectivity index (χ1v) is 3.32. The first-order valence-electron chi connectivity index (χ1n) is 2.74. The van der Waals surface area contributed by atoms with Crippen molar-refractivity contribution in [3.63, 3.8) is 0 Å². The smallest absolute Gasteiger partial charge is 0.150 e. The van der Waals surface area contributed by atoms with Crippen LogP contribution in [0.3, 0.4) is 0 Å². The van der Waals surface area contributed by atoms with Gasteiger partial charge < -0.3 is 0 Å². The number of carbonyl (C=O) groups excluding carboxylic acids is 1. The molecule has 1 aromatic carbocycles. The minimum Gasteiger partial charge on any atom is -0.298 e. The van der Waals surface area contributed by atoms with Crippen molar-refractivity contribution in [2.45, 2.75) is 0 Å². The van der Waals surface area contributed by atoms with Crippen LogP contribution in [-0.2, 0) is 0 Å². The average molecular weight is 156 g/mol. The monoisotopic (exact) mass is 156 g/mol. The third-order valence-corrected chi connectivity index (χ3v) is 1.70. The summed E-state index contributed by atoms with van der Waals surface area (Å²) >= 11 is 0. The molecule has 1 rings (SSSR count). The van der Waals surface area contributed by atoms with Crippen molar-refractivity contribution in [2.24, 2.45) is 0 Å². The first-order chi connectivity index (χ1) is 4.74. The molecule has 0 saturated carbocycles. The highest BCUT2D eigenvalue weighted by Gasteiger charge is 1.96. The van der Waals surface area contributed by atoms with Crippen molar-refractivity contribution in [3.05, 3.63) is 29.6 Å².